The molecule has 8 heteroatoms. The van der Waals surface area contributed by atoms with Gasteiger partial charge in [-0.25, -0.2) is 8.42 Å². The van der Waals surface area contributed by atoms with E-state index in [9.17, 15) is 18.0 Å². The molecule has 194 valence electrons. The Morgan fingerprint density at radius 1 is 1.17 bits per heavy atom. The van der Waals surface area contributed by atoms with Crippen LogP contribution in [0.2, 0.25) is 0 Å². The zero-order valence-corrected chi connectivity index (χ0v) is 22.6. The summed E-state index contributed by atoms with van der Waals surface area (Å²) >= 11 is 0. The lowest BCUT2D eigenvalue weighted by Gasteiger charge is -2.36. The molecule has 2 saturated carbocycles. The van der Waals surface area contributed by atoms with Crippen LogP contribution in [0, 0.1) is 28.6 Å². The summed E-state index contributed by atoms with van der Waals surface area (Å²) in [6.07, 6.45) is 4.13. The van der Waals surface area contributed by atoms with Crippen molar-refractivity contribution in [3.63, 3.8) is 0 Å². The van der Waals surface area contributed by atoms with E-state index in [4.69, 9.17) is 0 Å². The number of ketones is 1. The molecule has 1 aromatic carbocycles. The van der Waals surface area contributed by atoms with Crippen molar-refractivity contribution in [1.82, 2.24) is 5.32 Å². The van der Waals surface area contributed by atoms with Crippen molar-refractivity contribution in [2.75, 3.05) is 35.0 Å². The van der Waals surface area contributed by atoms with E-state index >= 15 is 0 Å². The number of nitrogens with one attached hydrogen (secondary N) is 2. The molecule has 2 unspecified atom stereocenters. The first-order valence-corrected chi connectivity index (χ1v) is 14.7. The summed E-state index contributed by atoms with van der Waals surface area (Å²) in [7, 11) is -3.80. The lowest BCUT2D eigenvalue weighted by Crippen LogP contribution is -2.43. The van der Waals surface area contributed by atoms with Crippen LogP contribution in [0.1, 0.15) is 77.1 Å². The number of fused-ring (bicyclic) bond motifs is 2. The average Bonchev–Trinajstić information content (AvgIpc) is 3.12. The van der Waals surface area contributed by atoms with Gasteiger partial charge in [0.25, 0.3) is 5.91 Å². The van der Waals surface area contributed by atoms with Crippen LogP contribution in [0.3, 0.4) is 0 Å². The molecule has 0 spiro atoms. The van der Waals surface area contributed by atoms with Gasteiger partial charge in [0.15, 0.2) is 0 Å². The second-order valence-corrected chi connectivity index (χ2v) is 13.8. The van der Waals surface area contributed by atoms with Gasteiger partial charge in [-0.05, 0) is 67.1 Å². The third-order valence-electron chi connectivity index (χ3n) is 8.89. The molecule has 35 heavy (non-hydrogen) atoms. The number of piperidine rings is 1. The number of amides is 1. The van der Waals surface area contributed by atoms with Gasteiger partial charge in [0.1, 0.15) is 5.78 Å². The Bertz CT molecular complexity index is 1090. The fourth-order valence-electron chi connectivity index (χ4n) is 6.35. The van der Waals surface area contributed by atoms with Gasteiger partial charge in [0, 0.05) is 37.4 Å². The highest BCUT2D eigenvalue weighted by Gasteiger charge is 2.65. The molecular formula is C27H41N3O4S. The monoisotopic (exact) mass is 503 g/mol. The summed E-state index contributed by atoms with van der Waals surface area (Å²) < 4.78 is 29.3. The predicted octanol–water partition coefficient (Wildman–Crippen LogP) is 4.45. The number of nitrogens with zero attached hydrogens (tertiary/aromatic N) is 1. The third kappa shape index (κ3) is 4.95. The molecular weight excluding hydrogens is 462 g/mol. The van der Waals surface area contributed by atoms with E-state index in [1.807, 2.05) is 33.8 Å². The van der Waals surface area contributed by atoms with E-state index in [1.165, 1.54) is 0 Å². The minimum Gasteiger partial charge on any atom is -0.371 e. The molecule has 2 N–H and O–H groups in total. The van der Waals surface area contributed by atoms with Crippen LogP contribution in [-0.4, -0.2) is 45.5 Å². The van der Waals surface area contributed by atoms with Crippen molar-refractivity contribution >= 4 is 33.1 Å². The molecule has 2 bridgehead atoms. The number of carbonyl (C=O) groups is 2. The normalized spacial score (nSPS) is 26.4. The summed E-state index contributed by atoms with van der Waals surface area (Å²) in [6, 6.07) is 5.24. The number of sulfonamides is 1. The molecule has 2 aliphatic carbocycles. The van der Waals surface area contributed by atoms with E-state index in [1.54, 1.807) is 12.1 Å². The third-order valence-corrected chi connectivity index (χ3v) is 10.3. The van der Waals surface area contributed by atoms with Crippen LogP contribution in [0.25, 0.3) is 0 Å². The first kappa shape index (κ1) is 26.0. The summed E-state index contributed by atoms with van der Waals surface area (Å²) in [5.41, 5.74) is 0.534. The molecule has 1 saturated heterocycles. The van der Waals surface area contributed by atoms with Crippen molar-refractivity contribution in [2.24, 2.45) is 28.6 Å². The molecule has 0 radical (unpaired) electrons. The highest BCUT2D eigenvalue weighted by atomic mass is 32.2. The maximum absolute atomic E-state index is 13.3. The second-order valence-electron chi connectivity index (χ2n) is 12.0. The smallest absolute Gasteiger partial charge is 0.253 e. The Labute approximate surface area is 210 Å². The van der Waals surface area contributed by atoms with Crippen LogP contribution in [0.15, 0.2) is 18.2 Å². The van der Waals surface area contributed by atoms with Crippen molar-refractivity contribution in [1.29, 1.82) is 0 Å². The number of carbonyl (C=O) groups excluding carboxylic acids is 2. The summed E-state index contributed by atoms with van der Waals surface area (Å²) in [5.74, 6) is 0.899. The number of Topliss-reactive ketones (excluding diaryl/α,β-unsaturated/α-hetero) is 1. The lowest BCUT2D eigenvalue weighted by molar-refractivity contribution is -0.128. The summed E-state index contributed by atoms with van der Waals surface area (Å²) in [6.45, 7) is 12.7. The lowest BCUT2D eigenvalue weighted by atomic mass is 9.70. The van der Waals surface area contributed by atoms with E-state index in [2.05, 4.69) is 21.9 Å². The molecule has 2 atom stereocenters. The number of hydrogen-bond donors (Lipinski definition) is 2. The quantitative estimate of drug-likeness (QED) is 0.547. The first-order valence-electron chi connectivity index (χ1n) is 13.1. The van der Waals surface area contributed by atoms with Gasteiger partial charge < -0.3 is 10.2 Å². The van der Waals surface area contributed by atoms with Crippen molar-refractivity contribution in [3.8, 4) is 0 Å². The standard InChI is InChI=1S/C27H41N3O4S/c1-18(2)16-28-25(32)22-15-21(6-7-23(22)30-12-9-19(3)10-13-30)29-35(33,34)17-27-11-8-20(14-24(27)31)26(27,4)5/h6-7,15,18-20,29H,8-14,16-17H2,1-5H3,(H,28,32). The van der Waals surface area contributed by atoms with Gasteiger partial charge in [-0.2, -0.15) is 0 Å². The molecule has 1 heterocycles. The minimum atomic E-state index is -3.80. The van der Waals surface area contributed by atoms with Crippen LogP contribution in [-0.2, 0) is 14.8 Å². The predicted molar refractivity (Wildman–Crippen MR) is 140 cm³/mol. The summed E-state index contributed by atoms with van der Waals surface area (Å²) in [5, 5.41) is 2.99. The molecule has 0 aromatic heterocycles. The fourth-order valence-corrected chi connectivity index (χ4v) is 8.23. The Morgan fingerprint density at radius 2 is 1.86 bits per heavy atom. The topological polar surface area (TPSA) is 95.6 Å². The average molecular weight is 504 g/mol. The Kier molecular flexibility index (Phi) is 6.99. The molecule has 1 amide bonds. The van der Waals surface area contributed by atoms with Crippen LogP contribution in [0.5, 0.6) is 0 Å². The van der Waals surface area contributed by atoms with Gasteiger partial charge in [-0.1, -0.05) is 34.6 Å². The van der Waals surface area contributed by atoms with Gasteiger partial charge in [-0.15, -0.1) is 0 Å². The highest BCUT2D eigenvalue weighted by Crippen LogP contribution is 2.64. The Morgan fingerprint density at radius 3 is 2.43 bits per heavy atom. The van der Waals surface area contributed by atoms with Crippen LogP contribution < -0.4 is 14.9 Å². The number of rotatable bonds is 8. The zero-order chi connectivity index (χ0) is 25.6. The van der Waals surface area contributed by atoms with Crippen LogP contribution in [0.4, 0.5) is 11.4 Å². The van der Waals surface area contributed by atoms with Crippen molar-refractivity contribution < 1.29 is 18.0 Å². The second kappa shape index (κ2) is 9.41. The van der Waals surface area contributed by atoms with Crippen LogP contribution >= 0.6 is 0 Å². The summed E-state index contributed by atoms with van der Waals surface area (Å²) in [4.78, 5) is 28.2. The van der Waals surface area contributed by atoms with Gasteiger partial charge in [0.2, 0.25) is 10.0 Å². The molecule has 7 nitrogen and oxygen atoms in total. The highest BCUT2D eigenvalue weighted by molar-refractivity contribution is 7.92. The molecule has 1 aliphatic heterocycles. The maximum atomic E-state index is 13.3. The number of hydrogen-bond acceptors (Lipinski definition) is 5. The zero-order valence-electron chi connectivity index (χ0n) is 21.8. The van der Waals surface area contributed by atoms with Gasteiger partial charge in [-0.3, -0.25) is 14.3 Å². The number of anilines is 2. The Balaban J connectivity index is 1.59. The first-order chi connectivity index (χ1) is 16.3. The van der Waals surface area contributed by atoms with Crippen molar-refractivity contribution in [3.05, 3.63) is 23.8 Å². The van der Waals surface area contributed by atoms with E-state index < -0.39 is 15.4 Å². The van der Waals surface area contributed by atoms with E-state index in [0.717, 1.165) is 38.0 Å². The fraction of sp³-hybridized carbons (Fsp3) is 0.704. The van der Waals surface area contributed by atoms with Gasteiger partial charge in [0.05, 0.1) is 16.7 Å². The maximum Gasteiger partial charge on any atom is 0.253 e. The minimum absolute atomic E-state index is 0.0764. The molecule has 4 rings (SSSR count). The van der Waals surface area contributed by atoms with E-state index in [-0.39, 0.29) is 28.8 Å². The van der Waals surface area contributed by atoms with Gasteiger partial charge >= 0.3 is 0 Å². The number of benzene rings is 1. The van der Waals surface area contributed by atoms with Crippen molar-refractivity contribution in [2.45, 2.75) is 66.7 Å². The molecule has 1 aromatic rings. The Hall–Kier alpha value is -2.09. The molecule has 3 fully saturated rings. The largest absolute Gasteiger partial charge is 0.371 e. The SMILES string of the molecule is CC(C)CNC(=O)c1cc(NS(=O)(=O)CC23CCC(CC2=O)C3(C)C)ccc1N1CCC(C)CC1. The van der Waals surface area contributed by atoms with E-state index in [0.29, 0.717) is 42.5 Å². The molecule has 3 aliphatic rings.